The molecular formula is C28H39N5O4S. The number of rotatable bonds is 11. The molecule has 1 unspecified atom stereocenters. The number of likely N-dealkylation sites (tertiary alicyclic amines) is 1. The Bertz CT molecular complexity index is 1100. The van der Waals surface area contributed by atoms with E-state index in [1.165, 1.54) is 30.2 Å². The Kier molecular flexibility index (Phi) is 9.96. The molecule has 3 atom stereocenters. The minimum Gasteiger partial charge on any atom is -0.408 e. The third kappa shape index (κ3) is 7.44. The Morgan fingerprint density at radius 2 is 1.76 bits per heavy atom. The van der Waals surface area contributed by atoms with Crippen LogP contribution in [0.15, 0.2) is 33.9 Å². The molecule has 9 nitrogen and oxygen atoms in total. The lowest BCUT2D eigenvalue weighted by atomic mass is 9.83. The Balaban J connectivity index is 1.39. The first-order chi connectivity index (χ1) is 18.3. The molecule has 38 heavy (non-hydrogen) atoms. The molecule has 1 aliphatic heterocycles. The fraction of sp³-hybridized carbons (Fsp3) is 0.607. The van der Waals surface area contributed by atoms with Gasteiger partial charge in [-0.25, -0.2) is 0 Å². The second-order valence-electron chi connectivity index (χ2n) is 10.8. The summed E-state index contributed by atoms with van der Waals surface area (Å²) in [7, 11) is 0. The van der Waals surface area contributed by atoms with Crippen molar-refractivity contribution >= 4 is 29.4 Å². The van der Waals surface area contributed by atoms with Gasteiger partial charge in [-0.1, -0.05) is 50.6 Å². The molecule has 1 saturated heterocycles. The van der Waals surface area contributed by atoms with Crippen molar-refractivity contribution in [2.45, 2.75) is 82.6 Å². The summed E-state index contributed by atoms with van der Waals surface area (Å²) in [5.41, 5.74) is 1.79. The van der Waals surface area contributed by atoms with Gasteiger partial charge < -0.3 is 15.1 Å². The fourth-order valence-corrected chi connectivity index (χ4v) is 5.64. The lowest BCUT2D eigenvalue weighted by Crippen LogP contribution is -2.52. The van der Waals surface area contributed by atoms with E-state index in [-0.39, 0.29) is 35.4 Å². The van der Waals surface area contributed by atoms with Crippen molar-refractivity contribution in [3.8, 4) is 0 Å². The highest BCUT2D eigenvalue weighted by Crippen LogP contribution is 2.26. The van der Waals surface area contributed by atoms with Crippen LogP contribution in [-0.2, 0) is 11.3 Å². The number of hydrogen-bond donors (Lipinski definition) is 2. The van der Waals surface area contributed by atoms with Gasteiger partial charge in [0.15, 0.2) is 0 Å². The summed E-state index contributed by atoms with van der Waals surface area (Å²) in [6.45, 7) is 7.15. The van der Waals surface area contributed by atoms with Gasteiger partial charge in [-0.05, 0) is 75.1 Å². The first-order valence-corrected chi connectivity index (χ1v) is 14.9. The summed E-state index contributed by atoms with van der Waals surface area (Å²) in [4.78, 5) is 42.1. The van der Waals surface area contributed by atoms with Crippen molar-refractivity contribution in [2.75, 3.05) is 19.3 Å². The number of carbonyl (C=O) groups excluding carboxylic acids is 3. The molecule has 1 aromatic carbocycles. The quantitative estimate of drug-likeness (QED) is 0.323. The molecule has 2 aliphatic rings. The minimum absolute atomic E-state index is 0.0954. The lowest BCUT2D eigenvalue weighted by molar-refractivity contribution is -0.127. The van der Waals surface area contributed by atoms with Crippen LogP contribution < -0.4 is 10.6 Å². The number of nitrogens with zero attached hydrogens (tertiary/aromatic N) is 3. The van der Waals surface area contributed by atoms with Crippen LogP contribution in [0.4, 0.5) is 0 Å². The Hall–Kier alpha value is -2.72. The highest BCUT2D eigenvalue weighted by atomic mass is 32.2. The minimum atomic E-state index is -0.765. The molecule has 10 heteroatoms. The third-order valence-electron chi connectivity index (χ3n) is 7.37. The van der Waals surface area contributed by atoms with E-state index in [1.807, 2.05) is 38.1 Å². The summed E-state index contributed by atoms with van der Waals surface area (Å²) >= 11 is 1.26. The molecule has 0 spiro atoms. The van der Waals surface area contributed by atoms with Crippen LogP contribution in [0.5, 0.6) is 0 Å². The lowest BCUT2D eigenvalue weighted by Gasteiger charge is -2.32. The van der Waals surface area contributed by atoms with Gasteiger partial charge in [-0.3, -0.25) is 19.3 Å². The Morgan fingerprint density at radius 1 is 1.05 bits per heavy atom. The van der Waals surface area contributed by atoms with Gasteiger partial charge in [-0.2, -0.15) is 0 Å². The smallest absolute Gasteiger partial charge is 0.286 e. The average molecular weight is 542 g/mol. The van der Waals surface area contributed by atoms with Gasteiger partial charge in [0.05, 0.1) is 12.0 Å². The summed E-state index contributed by atoms with van der Waals surface area (Å²) in [6, 6.07) is 6.70. The predicted molar refractivity (Wildman–Crippen MR) is 146 cm³/mol. The van der Waals surface area contributed by atoms with Crippen molar-refractivity contribution in [3.63, 3.8) is 0 Å². The molecule has 2 heterocycles. The number of benzene rings is 1. The van der Waals surface area contributed by atoms with Crippen LogP contribution in [0.25, 0.3) is 0 Å². The van der Waals surface area contributed by atoms with E-state index < -0.39 is 12.0 Å². The van der Waals surface area contributed by atoms with Gasteiger partial charge in [-0.15, -0.1) is 10.2 Å². The molecule has 2 aromatic rings. The first-order valence-electron chi connectivity index (χ1n) is 13.7. The fourth-order valence-electron chi connectivity index (χ4n) is 5.35. The molecule has 2 N–H and O–H groups in total. The molecule has 1 aromatic heterocycles. The zero-order valence-electron chi connectivity index (χ0n) is 22.6. The molecule has 0 radical (unpaired) electrons. The molecule has 2 fully saturated rings. The maximum absolute atomic E-state index is 13.4. The predicted octanol–water partition coefficient (Wildman–Crippen LogP) is 4.09. The highest BCUT2D eigenvalue weighted by molar-refractivity contribution is 7.98. The van der Waals surface area contributed by atoms with Gasteiger partial charge in [0, 0.05) is 18.2 Å². The van der Waals surface area contributed by atoms with Crippen LogP contribution in [0.1, 0.15) is 85.4 Å². The van der Waals surface area contributed by atoms with Crippen molar-refractivity contribution in [3.05, 3.63) is 41.3 Å². The van der Waals surface area contributed by atoms with Gasteiger partial charge >= 0.3 is 0 Å². The number of Topliss-reactive ketones (excluding diaryl/α,β-unsaturated/α-hetero) is 1. The van der Waals surface area contributed by atoms with Gasteiger partial charge in [0.25, 0.3) is 17.0 Å². The van der Waals surface area contributed by atoms with E-state index in [9.17, 15) is 14.4 Å². The van der Waals surface area contributed by atoms with Crippen LogP contribution in [0.2, 0.25) is 0 Å². The SMILES string of the molecule is CSc1nnc(C(=O)C(CC(C)C)NC(=O)[C@@H]2CCCC[C@@H]2NC(=O)c2ccc(CN3CCCC3)cc2)o1. The van der Waals surface area contributed by atoms with Gasteiger partial charge in [0.2, 0.25) is 11.7 Å². The standard InChI is InChI=1S/C28H39N5O4S/c1-18(2)16-23(24(34)27-31-32-28(37-27)38-3)30-26(36)21-8-4-5-9-22(21)29-25(35)20-12-10-19(11-13-20)17-33-14-6-7-15-33/h10-13,18,21-23H,4-9,14-17H2,1-3H3,(H,29,35)(H,30,36)/t21-,22+,23?/m1/s1. The van der Waals surface area contributed by atoms with E-state index in [0.717, 1.165) is 38.9 Å². The molecule has 1 aliphatic carbocycles. The molecular weight excluding hydrogens is 502 g/mol. The first kappa shape index (κ1) is 28.3. The third-order valence-corrected chi connectivity index (χ3v) is 7.89. The van der Waals surface area contributed by atoms with Crippen LogP contribution in [0, 0.1) is 11.8 Å². The number of carbonyl (C=O) groups is 3. The molecule has 4 rings (SSSR count). The monoisotopic (exact) mass is 541 g/mol. The Morgan fingerprint density at radius 3 is 2.42 bits per heavy atom. The van der Waals surface area contributed by atoms with Crippen LogP contribution >= 0.6 is 11.8 Å². The van der Waals surface area contributed by atoms with E-state index in [0.29, 0.717) is 23.6 Å². The molecule has 1 saturated carbocycles. The van der Waals surface area contributed by atoms with Crippen molar-refractivity contribution < 1.29 is 18.8 Å². The normalized spacial score (nSPS) is 20.8. The number of thioether (sulfide) groups is 1. The largest absolute Gasteiger partial charge is 0.408 e. The number of nitrogens with one attached hydrogen (secondary N) is 2. The van der Waals surface area contributed by atoms with Crippen LogP contribution in [-0.4, -0.2) is 64.1 Å². The van der Waals surface area contributed by atoms with E-state index in [4.69, 9.17) is 4.42 Å². The molecule has 0 bridgehead atoms. The second kappa shape index (κ2) is 13.4. The summed E-state index contributed by atoms with van der Waals surface area (Å²) in [5, 5.41) is 14.1. The second-order valence-corrected chi connectivity index (χ2v) is 11.5. The average Bonchev–Trinajstić information content (AvgIpc) is 3.60. The summed E-state index contributed by atoms with van der Waals surface area (Å²) < 4.78 is 5.43. The topological polar surface area (TPSA) is 117 Å². The van der Waals surface area contributed by atoms with Crippen LogP contribution in [0.3, 0.4) is 0 Å². The number of aromatic nitrogens is 2. The zero-order valence-corrected chi connectivity index (χ0v) is 23.4. The van der Waals surface area contributed by atoms with E-state index in [1.54, 1.807) is 6.26 Å². The Labute approximate surface area is 228 Å². The van der Waals surface area contributed by atoms with Crippen molar-refractivity contribution in [1.29, 1.82) is 0 Å². The van der Waals surface area contributed by atoms with E-state index >= 15 is 0 Å². The molecule has 2 amide bonds. The van der Waals surface area contributed by atoms with Crippen molar-refractivity contribution in [2.24, 2.45) is 11.8 Å². The van der Waals surface area contributed by atoms with E-state index in [2.05, 4.69) is 25.7 Å². The number of amides is 2. The van der Waals surface area contributed by atoms with Crippen molar-refractivity contribution in [1.82, 2.24) is 25.7 Å². The van der Waals surface area contributed by atoms with Gasteiger partial charge in [0.1, 0.15) is 0 Å². The number of hydrogen-bond acceptors (Lipinski definition) is 8. The number of ketones is 1. The maximum Gasteiger partial charge on any atom is 0.286 e. The highest BCUT2D eigenvalue weighted by Gasteiger charge is 2.35. The summed E-state index contributed by atoms with van der Waals surface area (Å²) in [6.07, 6.45) is 7.96. The maximum atomic E-state index is 13.4. The zero-order chi connectivity index (χ0) is 27.1. The molecule has 206 valence electrons. The summed E-state index contributed by atoms with van der Waals surface area (Å²) in [5.74, 6) is -1.11.